The number of halogens is 1. The quantitative estimate of drug-likeness (QED) is 0.501. The number of carboxylic acids is 1. The molecule has 0 rings (SSSR count). The Labute approximate surface area is 75.0 Å². The minimum Gasteiger partial charge on any atom is -0.481 e. The summed E-state index contributed by atoms with van der Waals surface area (Å²) in [5.41, 5.74) is -0.417. The summed E-state index contributed by atoms with van der Waals surface area (Å²) in [5, 5.41) is 15.7. The van der Waals surface area contributed by atoms with Crippen LogP contribution < -0.4 is 0 Å². The molecular formula is C7H10ClNO3. The lowest BCUT2D eigenvalue weighted by molar-refractivity contribution is -0.139. The first-order chi connectivity index (χ1) is 5.54. The molecule has 0 radical (unpaired) electrons. The van der Waals surface area contributed by atoms with Crippen LogP contribution in [0.3, 0.4) is 0 Å². The fourth-order valence-electron chi connectivity index (χ4n) is 0.769. The Bertz CT molecular complexity index is 215. The highest BCUT2D eigenvalue weighted by Crippen LogP contribution is 2.05. The Morgan fingerprint density at radius 3 is 2.33 bits per heavy atom. The first kappa shape index (κ1) is 11.1. The van der Waals surface area contributed by atoms with Gasteiger partial charge in [-0.25, -0.2) is 0 Å². The van der Waals surface area contributed by atoms with E-state index in [0.717, 1.165) is 0 Å². The number of ketones is 1. The topological polar surface area (TPSA) is 78.2 Å². The monoisotopic (exact) mass is 191 g/mol. The van der Waals surface area contributed by atoms with Crippen LogP contribution in [0.4, 0.5) is 0 Å². The number of hydrogen-bond donors (Lipinski definition) is 2. The van der Waals surface area contributed by atoms with Gasteiger partial charge in [-0.2, -0.15) is 0 Å². The Morgan fingerprint density at radius 2 is 2.08 bits per heavy atom. The predicted octanol–water partition coefficient (Wildman–Crippen LogP) is 0.925. The first-order valence-corrected chi connectivity index (χ1v) is 3.98. The first-order valence-electron chi connectivity index (χ1n) is 3.45. The van der Waals surface area contributed by atoms with E-state index in [1.165, 1.54) is 0 Å². The van der Waals surface area contributed by atoms with E-state index >= 15 is 0 Å². The third-order valence-electron chi connectivity index (χ3n) is 1.48. The third-order valence-corrected chi connectivity index (χ3v) is 1.72. The normalized spacial score (nSPS) is 12.2. The largest absolute Gasteiger partial charge is 0.481 e. The number of nitrogens with one attached hydrogen (secondary N) is 1. The second-order valence-electron chi connectivity index (χ2n) is 2.27. The average molecular weight is 192 g/mol. The summed E-state index contributed by atoms with van der Waals surface area (Å²) in [6.07, 6.45) is 0.233. The van der Waals surface area contributed by atoms with E-state index in [1.54, 1.807) is 6.92 Å². The van der Waals surface area contributed by atoms with Crippen molar-refractivity contribution in [2.45, 2.75) is 13.3 Å². The van der Waals surface area contributed by atoms with E-state index in [1.807, 2.05) is 0 Å². The molecule has 0 heterocycles. The maximum absolute atomic E-state index is 10.8. The van der Waals surface area contributed by atoms with E-state index in [9.17, 15) is 9.59 Å². The molecule has 4 nitrogen and oxygen atoms in total. The van der Waals surface area contributed by atoms with Crippen molar-refractivity contribution in [3.05, 3.63) is 0 Å². The highest BCUT2D eigenvalue weighted by molar-refractivity contribution is 6.50. The zero-order valence-corrected chi connectivity index (χ0v) is 7.39. The second-order valence-corrected chi connectivity index (χ2v) is 2.54. The summed E-state index contributed by atoms with van der Waals surface area (Å²) in [5.74, 6) is -3.12. The molecule has 0 aliphatic heterocycles. The minimum absolute atomic E-state index is 0.233. The van der Waals surface area contributed by atoms with Crippen molar-refractivity contribution < 1.29 is 14.7 Å². The maximum Gasteiger partial charge on any atom is 0.312 e. The molecule has 5 heteroatoms. The Hall–Kier alpha value is -0.900. The molecule has 68 valence electrons. The molecule has 2 N–H and O–H groups in total. The van der Waals surface area contributed by atoms with Gasteiger partial charge in [0.15, 0.2) is 5.78 Å². The van der Waals surface area contributed by atoms with Crippen LogP contribution in [0.1, 0.15) is 13.3 Å². The third kappa shape index (κ3) is 2.62. The van der Waals surface area contributed by atoms with Crippen molar-refractivity contribution in [2.24, 2.45) is 5.92 Å². The van der Waals surface area contributed by atoms with E-state index < -0.39 is 23.4 Å². The van der Waals surface area contributed by atoms with Gasteiger partial charge in [-0.05, 0) is 6.42 Å². The zero-order valence-electron chi connectivity index (χ0n) is 6.63. The number of Topliss-reactive ketones (excluding diaryl/α,β-unsaturated/α-hetero) is 1. The van der Waals surface area contributed by atoms with Crippen molar-refractivity contribution in [1.82, 2.24) is 0 Å². The van der Waals surface area contributed by atoms with E-state index in [0.29, 0.717) is 0 Å². The Kier molecular flexibility index (Phi) is 4.51. The molecule has 0 aromatic rings. The van der Waals surface area contributed by atoms with E-state index in [-0.39, 0.29) is 12.3 Å². The standard InChI is InChI=1S/C7H10ClNO3/c1-2-4(7(11)12)6(9)5(10)3-8/h4,9H,2-3H2,1H3,(H,11,12)/t4-/m0/s1. The van der Waals surface area contributed by atoms with E-state index in [4.69, 9.17) is 22.1 Å². The van der Waals surface area contributed by atoms with Crippen LogP contribution in [0.2, 0.25) is 0 Å². The predicted molar refractivity (Wildman–Crippen MR) is 44.9 cm³/mol. The van der Waals surface area contributed by atoms with Crippen molar-refractivity contribution in [1.29, 1.82) is 5.41 Å². The van der Waals surface area contributed by atoms with Gasteiger partial charge in [-0.3, -0.25) is 9.59 Å². The molecule has 0 bridgehead atoms. The Balaban J connectivity index is 4.42. The van der Waals surface area contributed by atoms with Gasteiger partial charge < -0.3 is 10.5 Å². The molecule has 0 spiro atoms. The molecule has 0 saturated heterocycles. The van der Waals surface area contributed by atoms with Crippen molar-refractivity contribution in [2.75, 3.05) is 5.88 Å². The summed E-state index contributed by atoms with van der Waals surface area (Å²) in [4.78, 5) is 21.3. The summed E-state index contributed by atoms with van der Waals surface area (Å²) < 4.78 is 0. The van der Waals surface area contributed by atoms with Crippen molar-refractivity contribution in [3.63, 3.8) is 0 Å². The number of aliphatic carboxylic acids is 1. The van der Waals surface area contributed by atoms with Crippen LogP contribution in [0, 0.1) is 11.3 Å². The SMILES string of the molecule is CC[C@@H](C(=N)C(=O)CCl)C(=O)O. The lowest BCUT2D eigenvalue weighted by atomic mass is 9.98. The van der Waals surface area contributed by atoms with Crippen LogP contribution in [-0.2, 0) is 9.59 Å². The fraction of sp³-hybridized carbons (Fsp3) is 0.571. The van der Waals surface area contributed by atoms with Crippen LogP contribution in [0.15, 0.2) is 0 Å². The molecule has 0 amide bonds. The number of hydrogen-bond acceptors (Lipinski definition) is 3. The number of alkyl halides is 1. The van der Waals surface area contributed by atoms with Crippen molar-refractivity contribution >= 4 is 29.1 Å². The molecule has 0 unspecified atom stereocenters. The highest BCUT2D eigenvalue weighted by Gasteiger charge is 2.24. The molecular weight excluding hydrogens is 182 g/mol. The van der Waals surface area contributed by atoms with Crippen LogP contribution in [0.25, 0.3) is 0 Å². The summed E-state index contributed by atoms with van der Waals surface area (Å²) in [7, 11) is 0. The number of carbonyl (C=O) groups is 2. The lowest BCUT2D eigenvalue weighted by Gasteiger charge is -2.08. The smallest absolute Gasteiger partial charge is 0.312 e. The lowest BCUT2D eigenvalue weighted by Crippen LogP contribution is -2.29. The fourth-order valence-corrected chi connectivity index (χ4v) is 0.912. The summed E-state index contributed by atoms with van der Waals surface area (Å²) in [6, 6.07) is 0. The molecule has 1 atom stereocenters. The van der Waals surface area contributed by atoms with Crippen LogP contribution in [0.5, 0.6) is 0 Å². The van der Waals surface area contributed by atoms with Gasteiger partial charge in [-0.15, -0.1) is 11.6 Å². The van der Waals surface area contributed by atoms with Gasteiger partial charge in [0.2, 0.25) is 0 Å². The van der Waals surface area contributed by atoms with Crippen LogP contribution in [-0.4, -0.2) is 28.5 Å². The zero-order chi connectivity index (χ0) is 9.72. The number of carbonyl (C=O) groups excluding carboxylic acids is 1. The van der Waals surface area contributed by atoms with Gasteiger partial charge in [0.1, 0.15) is 5.92 Å². The summed E-state index contributed by atoms with van der Waals surface area (Å²) in [6.45, 7) is 1.61. The molecule has 0 aliphatic carbocycles. The molecule has 0 aliphatic rings. The highest BCUT2D eigenvalue weighted by atomic mass is 35.5. The maximum atomic E-state index is 10.8. The molecule has 0 saturated carbocycles. The number of rotatable bonds is 5. The summed E-state index contributed by atoms with van der Waals surface area (Å²) >= 11 is 5.17. The van der Waals surface area contributed by atoms with Crippen LogP contribution >= 0.6 is 11.6 Å². The van der Waals surface area contributed by atoms with Gasteiger partial charge in [0, 0.05) is 0 Å². The van der Waals surface area contributed by atoms with E-state index in [2.05, 4.69) is 0 Å². The molecule has 12 heavy (non-hydrogen) atoms. The van der Waals surface area contributed by atoms with Gasteiger partial charge in [0.25, 0.3) is 0 Å². The molecule has 0 aromatic heterocycles. The Morgan fingerprint density at radius 1 is 1.58 bits per heavy atom. The average Bonchev–Trinajstić information content (AvgIpc) is 2.03. The van der Waals surface area contributed by atoms with Gasteiger partial charge >= 0.3 is 5.97 Å². The van der Waals surface area contributed by atoms with Crippen molar-refractivity contribution in [3.8, 4) is 0 Å². The van der Waals surface area contributed by atoms with Gasteiger partial charge in [-0.1, -0.05) is 6.92 Å². The van der Waals surface area contributed by atoms with Gasteiger partial charge in [0.05, 0.1) is 11.6 Å². The molecule has 0 aromatic carbocycles. The second kappa shape index (κ2) is 4.87. The minimum atomic E-state index is -1.15. The molecule has 0 fully saturated rings. The number of carboxylic acid groups (broad SMARTS) is 1.